The van der Waals surface area contributed by atoms with Gasteiger partial charge in [-0.3, -0.25) is 9.36 Å². The van der Waals surface area contributed by atoms with Crippen molar-refractivity contribution in [3.63, 3.8) is 0 Å². The van der Waals surface area contributed by atoms with E-state index >= 15 is 0 Å². The van der Waals surface area contributed by atoms with Gasteiger partial charge in [-0.05, 0) is 67.5 Å². The molecule has 1 saturated carbocycles. The number of rotatable bonds is 3. The van der Waals surface area contributed by atoms with Crippen LogP contribution in [0.3, 0.4) is 0 Å². The van der Waals surface area contributed by atoms with Gasteiger partial charge in [0.15, 0.2) is 0 Å². The van der Waals surface area contributed by atoms with Crippen molar-refractivity contribution in [3.8, 4) is 5.69 Å². The van der Waals surface area contributed by atoms with Crippen LogP contribution < -0.4 is 5.32 Å². The van der Waals surface area contributed by atoms with Gasteiger partial charge in [-0.25, -0.2) is 0 Å². The molecule has 0 unspecified atom stereocenters. The smallest absolute Gasteiger partial charge is 0.253 e. The first-order valence-corrected chi connectivity index (χ1v) is 11.0. The first-order valence-electron chi connectivity index (χ1n) is 10.6. The van der Waals surface area contributed by atoms with Crippen LogP contribution in [0, 0.1) is 12.8 Å². The lowest BCUT2D eigenvalue weighted by Gasteiger charge is -2.31. The van der Waals surface area contributed by atoms with Gasteiger partial charge in [0.05, 0.1) is 10.6 Å². The Morgan fingerprint density at radius 2 is 2.00 bits per heavy atom. The highest BCUT2D eigenvalue weighted by atomic mass is 35.5. The highest BCUT2D eigenvalue weighted by Gasteiger charge is 2.44. The molecule has 4 aromatic rings. The van der Waals surface area contributed by atoms with E-state index in [1.807, 2.05) is 6.07 Å². The van der Waals surface area contributed by atoms with Crippen molar-refractivity contribution in [2.24, 2.45) is 5.92 Å². The summed E-state index contributed by atoms with van der Waals surface area (Å²) in [6, 6.07) is 12.1. The number of carbonyl (C=O) groups excluding carboxylic acids is 1. The summed E-state index contributed by atoms with van der Waals surface area (Å²) in [4.78, 5) is 16.8. The van der Waals surface area contributed by atoms with Crippen LogP contribution in [-0.4, -0.2) is 31.7 Å². The predicted molar refractivity (Wildman–Crippen MR) is 120 cm³/mol. The summed E-state index contributed by atoms with van der Waals surface area (Å²) in [6.45, 7) is 2.12. The molecule has 0 aliphatic heterocycles. The van der Waals surface area contributed by atoms with Crippen LogP contribution in [-0.2, 0) is 6.42 Å². The highest BCUT2D eigenvalue weighted by molar-refractivity contribution is 6.34. The van der Waals surface area contributed by atoms with Crippen molar-refractivity contribution in [1.29, 1.82) is 0 Å². The first-order chi connectivity index (χ1) is 15.1. The maximum absolute atomic E-state index is 13.2. The number of H-pyrrole nitrogens is 1. The molecule has 2 bridgehead atoms. The van der Waals surface area contributed by atoms with Gasteiger partial charge >= 0.3 is 0 Å². The van der Waals surface area contributed by atoms with Crippen molar-refractivity contribution < 1.29 is 4.79 Å². The fourth-order valence-corrected chi connectivity index (χ4v) is 5.76. The van der Waals surface area contributed by atoms with Crippen molar-refractivity contribution in [3.05, 3.63) is 76.5 Å². The van der Waals surface area contributed by atoms with Crippen molar-refractivity contribution in [2.75, 3.05) is 0 Å². The Kier molecular flexibility index (Phi) is 4.18. The number of fused-ring (bicyclic) bond motifs is 6. The van der Waals surface area contributed by atoms with E-state index in [4.69, 9.17) is 11.6 Å². The van der Waals surface area contributed by atoms with E-state index in [2.05, 4.69) is 45.6 Å². The van der Waals surface area contributed by atoms with E-state index in [0.717, 1.165) is 24.9 Å². The lowest BCUT2D eigenvalue weighted by atomic mass is 9.81. The first kappa shape index (κ1) is 18.6. The van der Waals surface area contributed by atoms with Crippen molar-refractivity contribution in [1.82, 2.24) is 25.1 Å². The topological polar surface area (TPSA) is 75.6 Å². The maximum Gasteiger partial charge on any atom is 0.253 e. The summed E-state index contributed by atoms with van der Waals surface area (Å²) in [6.07, 6.45) is 6.41. The average molecular weight is 432 g/mol. The molecular formula is C24H22ClN5O. The molecule has 2 aromatic carbocycles. The number of halogens is 1. The molecule has 1 fully saturated rings. The molecule has 3 atom stereocenters. The Bertz CT molecular complexity index is 1310. The molecule has 0 radical (unpaired) electrons. The number of amides is 1. The minimum atomic E-state index is -0.110. The van der Waals surface area contributed by atoms with E-state index in [1.165, 1.54) is 27.7 Å². The Balaban J connectivity index is 1.29. The number of aromatic amines is 1. The summed E-state index contributed by atoms with van der Waals surface area (Å²) in [5, 5.41) is 12.7. The Hall–Kier alpha value is -3.12. The van der Waals surface area contributed by atoms with Gasteiger partial charge in [0.1, 0.15) is 12.7 Å². The number of nitrogens with zero attached hydrogens (tertiary/aromatic N) is 3. The van der Waals surface area contributed by atoms with Gasteiger partial charge in [0, 0.05) is 34.2 Å². The molecule has 0 saturated heterocycles. The lowest BCUT2D eigenvalue weighted by Crippen LogP contribution is -2.43. The average Bonchev–Trinajstić information content (AvgIpc) is 3.46. The summed E-state index contributed by atoms with van der Waals surface area (Å²) in [7, 11) is 0. The number of hydrogen-bond donors (Lipinski definition) is 2. The van der Waals surface area contributed by atoms with Gasteiger partial charge in [-0.15, -0.1) is 10.2 Å². The van der Waals surface area contributed by atoms with E-state index in [-0.39, 0.29) is 11.9 Å². The molecule has 2 aliphatic carbocycles. The third kappa shape index (κ3) is 2.97. The minimum Gasteiger partial charge on any atom is -0.358 e. The Labute approximate surface area is 184 Å². The van der Waals surface area contributed by atoms with Gasteiger partial charge in [0.2, 0.25) is 0 Å². The molecule has 0 spiro atoms. The van der Waals surface area contributed by atoms with Crippen LogP contribution in [0.4, 0.5) is 0 Å². The van der Waals surface area contributed by atoms with Crippen LogP contribution >= 0.6 is 11.6 Å². The summed E-state index contributed by atoms with van der Waals surface area (Å²) >= 11 is 6.48. The monoisotopic (exact) mass is 431 g/mol. The van der Waals surface area contributed by atoms with E-state index in [0.29, 0.717) is 22.4 Å². The molecule has 7 heteroatoms. The number of carbonyl (C=O) groups is 1. The zero-order valence-electron chi connectivity index (χ0n) is 17.1. The van der Waals surface area contributed by atoms with Gasteiger partial charge < -0.3 is 10.3 Å². The second-order valence-corrected chi connectivity index (χ2v) is 9.15. The molecule has 2 aromatic heterocycles. The summed E-state index contributed by atoms with van der Waals surface area (Å²) in [5.74, 6) is 0.677. The standard InChI is InChI=1S/C24H22ClN5O/c1-13-2-5-17-20(8-13)28-21-9-14-3-6-18(22(17)21)23(14)29-24(31)16-7-4-15(10-19(16)25)30-11-26-27-12-30/h2,4-5,7-8,10-12,14,18,23,28H,3,6,9H2,1H3,(H,29,31)/t14-,18+,23-/m0/s1. The second kappa shape index (κ2) is 6.95. The van der Waals surface area contributed by atoms with Crippen molar-refractivity contribution in [2.45, 2.75) is 38.1 Å². The van der Waals surface area contributed by atoms with Crippen molar-refractivity contribution >= 4 is 28.4 Å². The minimum absolute atomic E-state index is 0.110. The largest absolute Gasteiger partial charge is 0.358 e. The molecular weight excluding hydrogens is 410 g/mol. The number of nitrogens with one attached hydrogen (secondary N) is 2. The molecule has 2 N–H and O–H groups in total. The SMILES string of the molecule is Cc1ccc2c3c([nH]c2c1)C[C@@H]1CC[C@H]3[C@H]1NC(=O)c1ccc(-n2cnnc2)cc1Cl. The fourth-order valence-electron chi connectivity index (χ4n) is 5.50. The van der Waals surface area contributed by atoms with Crippen LogP contribution in [0.1, 0.15) is 45.9 Å². The number of aryl methyl sites for hydroxylation is 1. The normalized spacial score (nSPS) is 21.9. The fraction of sp³-hybridized carbons (Fsp3) is 0.292. The molecule has 31 heavy (non-hydrogen) atoms. The summed E-state index contributed by atoms with van der Waals surface area (Å²) < 4.78 is 1.76. The highest BCUT2D eigenvalue weighted by Crippen LogP contribution is 2.49. The molecule has 2 heterocycles. The second-order valence-electron chi connectivity index (χ2n) is 8.75. The number of benzene rings is 2. The van der Waals surface area contributed by atoms with Crippen LogP contribution in [0.15, 0.2) is 49.1 Å². The molecule has 6 nitrogen and oxygen atoms in total. The van der Waals surface area contributed by atoms with Gasteiger partial charge in [-0.1, -0.05) is 23.7 Å². The summed E-state index contributed by atoms with van der Waals surface area (Å²) in [5.41, 5.74) is 6.51. The Morgan fingerprint density at radius 1 is 1.16 bits per heavy atom. The quantitative estimate of drug-likeness (QED) is 0.499. The zero-order chi connectivity index (χ0) is 21.1. The van der Waals surface area contributed by atoms with Gasteiger partial charge in [0.25, 0.3) is 5.91 Å². The Morgan fingerprint density at radius 3 is 2.81 bits per heavy atom. The number of aromatic nitrogens is 4. The molecule has 6 rings (SSSR count). The van der Waals surface area contributed by atoms with Gasteiger partial charge in [-0.2, -0.15) is 0 Å². The van der Waals surface area contributed by atoms with Crippen LogP contribution in [0.25, 0.3) is 16.6 Å². The molecule has 2 aliphatic rings. The van der Waals surface area contributed by atoms with E-state index in [1.54, 1.807) is 29.4 Å². The molecule has 156 valence electrons. The third-order valence-electron chi connectivity index (χ3n) is 6.91. The van der Waals surface area contributed by atoms with E-state index < -0.39 is 0 Å². The van der Waals surface area contributed by atoms with Crippen LogP contribution in [0.5, 0.6) is 0 Å². The van der Waals surface area contributed by atoms with E-state index in [9.17, 15) is 4.79 Å². The maximum atomic E-state index is 13.2. The molecule has 1 amide bonds. The number of hydrogen-bond acceptors (Lipinski definition) is 3. The van der Waals surface area contributed by atoms with Crippen LogP contribution in [0.2, 0.25) is 5.02 Å². The third-order valence-corrected chi connectivity index (χ3v) is 7.23. The zero-order valence-corrected chi connectivity index (χ0v) is 17.9. The lowest BCUT2D eigenvalue weighted by molar-refractivity contribution is 0.0921. The predicted octanol–water partition coefficient (Wildman–Crippen LogP) is 4.56.